The highest BCUT2D eigenvalue weighted by molar-refractivity contribution is 7.89. The lowest BCUT2D eigenvalue weighted by Gasteiger charge is -2.26. The van der Waals surface area contributed by atoms with E-state index < -0.39 is 21.7 Å². The highest BCUT2D eigenvalue weighted by atomic mass is 32.2. The Labute approximate surface area is 146 Å². The van der Waals surface area contributed by atoms with E-state index >= 15 is 0 Å². The van der Waals surface area contributed by atoms with Crippen molar-refractivity contribution in [3.8, 4) is 0 Å². The van der Waals surface area contributed by atoms with Gasteiger partial charge in [0.2, 0.25) is 10.0 Å². The van der Waals surface area contributed by atoms with Crippen LogP contribution >= 0.6 is 0 Å². The molecule has 7 heteroatoms. The van der Waals surface area contributed by atoms with E-state index in [1.54, 1.807) is 12.1 Å². The fraction of sp³-hybridized carbons (Fsp3) is 0.278. The van der Waals surface area contributed by atoms with Gasteiger partial charge in [-0.1, -0.05) is 18.6 Å². The summed E-state index contributed by atoms with van der Waals surface area (Å²) in [5.41, 5.74) is 0.525. The molecule has 1 N–H and O–H groups in total. The second kappa shape index (κ2) is 7.33. The Morgan fingerprint density at radius 2 is 1.72 bits per heavy atom. The minimum absolute atomic E-state index is 0.145. The van der Waals surface area contributed by atoms with Crippen molar-refractivity contribution in [3.05, 3.63) is 59.9 Å². The van der Waals surface area contributed by atoms with Crippen molar-refractivity contribution in [1.29, 1.82) is 0 Å². The molecule has 1 heterocycles. The number of rotatable bonds is 4. The molecular weight excluding hydrogens is 343 g/mol. The third-order valence-corrected chi connectivity index (χ3v) is 6.03. The first-order chi connectivity index (χ1) is 12.0. The Morgan fingerprint density at radius 1 is 1.00 bits per heavy atom. The largest absolute Gasteiger partial charge is 0.322 e. The highest BCUT2D eigenvalue weighted by Crippen LogP contribution is 2.23. The lowest BCUT2D eigenvalue weighted by atomic mass is 10.2. The summed E-state index contributed by atoms with van der Waals surface area (Å²) in [4.78, 5) is 12.3. The zero-order chi connectivity index (χ0) is 17.9. The van der Waals surface area contributed by atoms with E-state index in [0.717, 1.165) is 25.3 Å². The number of hydrogen-bond acceptors (Lipinski definition) is 3. The van der Waals surface area contributed by atoms with Gasteiger partial charge in [0.05, 0.1) is 4.90 Å². The average molecular weight is 362 g/mol. The molecule has 0 aromatic heterocycles. The zero-order valence-electron chi connectivity index (χ0n) is 13.6. The van der Waals surface area contributed by atoms with E-state index in [1.807, 2.05) is 0 Å². The summed E-state index contributed by atoms with van der Waals surface area (Å²) in [6.45, 7) is 1.03. The number of nitrogens with zero attached hydrogens (tertiary/aromatic N) is 1. The zero-order valence-corrected chi connectivity index (χ0v) is 14.4. The Bertz CT molecular complexity index is 877. The SMILES string of the molecule is O=C(Nc1cccc(S(=O)(=O)N2CCCCC2)c1)c1cccc(F)c1. The van der Waals surface area contributed by atoms with Crippen molar-refractivity contribution < 1.29 is 17.6 Å². The number of carbonyl (C=O) groups excluding carboxylic acids is 1. The molecule has 1 fully saturated rings. The molecule has 132 valence electrons. The molecule has 2 aromatic carbocycles. The number of carbonyl (C=O) groups is 1. The second-order valence-corrected chi connectivity index (χ2v) is 7.89. The molecule has 0 aliphatic carbocycles. The number of sulfonamides is 1. The molecule has 1 saturated heterocycles. The summed E-state index contributed by atoms with van der Waals surface area (Å²) < 4.78 is 40.1. The minimum atomic E-state index is -3.57. The second-order valence-electron chi connectivity index (χ2n) is 5.96. The van der Waals surface area contributed by atoms with E-state index in [2.05, 4.69) is 5.32 Å². The normalized spacial score (nSPS) is 15.7. The lowest BCUT2D eigenvalue weighted by molar-refractivity contribution is 0.102. The molecule has 0 spiro atoms. The van der Waals surface area contributed by atoms with Crippen molar-refractivity contribution in [2.45, 2.75) is 24.2 Å². The van der Waals surface area contributed by atoms with Crippen molar-refractivity contribution in [3.63, 3.8) is 0 Å². The van der Waals surface area contributed by atoms with Crippen LogP contribution in [0.1, 0.15) is 29.6 Å². The quantitative estimate of drug-likeness (QED) is 0.908. The van der Waals surface area contributed by atoms with Crippen LogP contribution in [0.5, 0.6) is 0 Å². The van der Waals surface area contributed by atoms with Crippen LogP contribution in [0.2, 0.25) is 0 Å². The number of benzene rings is 2. The van der Waals surface area contributed by atoms with Gasteiger partial charge in [-0.25, -0.2) is 12.8 Å². The van der Waals surface area contributed by atoms with Gasteiger partial charge < -0.3 is 5.32 Å². The number of piperidine rings is 1. The van der Waals surface area contributed by atoms with Crippen molar-refractivity contribution in [1.82, 2.24) is 4.31 Å². The van der Waals surface area contributed by atoms with Crippen molar-refractivity contribution >= 4 is 21.6 Å². The lowest BCUT2D eigenvalue weighted by Crippen LogP contribution is -2.35. The molecule has 1 aliphatic heterocycles. The standard InChI is InChI=1S/C18H19FN2O3S/c19-15-7-4-6-14(12-15)18(22)20-16-8-5-9-17(13-16)25(23,24)21-10-2-1-3-11-21/h4-9,12-13H,1-3,10-11H2,(H,20,22). The average Bonchev–Trinajstić information content (AvgIpc) is 2.62. The molecular formula is C18H19FN2O3S. The minimum Gasteiger partial charge on any atom is -0.322 e. The fourth-order valence-electron chi connectivity index (χ4n) is 2.82. The van der Waals surface area contributed by atoms with Gasteiger partial charge in [0, 0.05) is 24.3 Å². The molecule has 25 heavy (non-hydrogen) atoms. The number of hydrogen-bond donors (Lipinski definition) is 1. The van der Waals surface area contributed by atoms with Crippen LogP contribution in [0.3, 0.4) is 0 Å². The highest BCUT2D eigenvalue weighted by Gasteiger charge is 2.26. The van der Waals surface area contributed by atoms with Crippen LogP contribution in [0.25, 0.3) is 0 Å². The number of anilines is 1. The van der Waals surface area contributed by atoms with Gasteiger partial charge in [0.15, 0.2) is 0 Å². The van der Waals surface area contributed by atoms with Gasteiger partial charge in [0.1, 0.15) is 5.82 Å². The molecule has 0 saturated carbocycles. The Balaban J connectivity index is 1.80. The Kier molecular flexibility index (Phi) is 5.15. The fourth-order valence-corrected chi connectivity index (χ4v) is 4.39. The monoisotopic (exact) mass is 362 g/mol. The van der Waals surface area contributed by atoms with Crippen LogP contribution < -0.4 is 5.32 Å². The van der Waals surface area contributed by atoms with Crippen molar-refractivity contribution in [2.24, 2.45) is 0 Å². The van der Waals surface area contributed by atoms with E-state index in [0.29, 0.717) is 18.8 Å². The van der Waals surface area contributed by atoms with Gasteiger partial charge in [-0.3, -0.25) is 4.79 Å². The van der Waals surface area contributed by atoms with Crippen LogP contribution in [0.4, 0.5) is 10.1 Å². The predicted molar refractivity (Wildman–Crippen MR) is 93.4 cm³/mol. The maximum absolute atomic E-state index is 13.2. The molecule has 0 radical (unpaired) electrons. The number of halogens is 1. The van der Waals surface area contributed by atoms with Gasteiger partial charge in [0.25, 0.3) is 5.91 Å². The van der Waals surface area contributed by atoms with Crippen LogP contribution in [-0.2, 0) is 10.0 Å². The summed E-state index contributed by atoms with van der Waals surface area (Å²) in [6, 6.07) is 11.5. The van der Waals surface area contributed by atoms with E-state index in [1.165, 1.54) is 34.6 Å². The van der Waals surface area contributed by atoms with Crippen LogP contribution in [0, 0.1) is 5.82 Å². The Morgan fingerprint density at radius 3 is 2.44 bits per heavy atom. The van der Waals surface area contributed by atoms with Gasteiger partial charge in [-0.2, -0.15) is 4.31 Å². The predicted octanol–water partition coefficient (Wildman–Crippen LogP) is 3.25. The molecule has 0 bridgehead atoms. The summed E-state index contributed by atoms with van der Waals surface area (Å²) in [7, 11) is -3.57. The van der Waals surface area contributed by atoms with Crippen LogP contribution in [-0.4, -0.2) is 31.7 Å². The number of nitrogens with one attached hydrogen (secondary N) is 1. The van der Waals surface area contributed by atoms with Gasteiger partial charge >= 0.3 is 0 Å². The summed E-state index contributed by atoms with van der Waals surface area (Å²) in [6.07, 6.45) is 2.75. The number of amides is 1. The summed E-state index contributed by atoms with van der Waals surface area (Å²) in [5, 5.41) is 2.61. The van der Waals surface area contributed by atoms with Crippen molar-refractivity contribution in [2.75, 3.05) is 18.4 Å². The van der Waals surface area contributed by atoms with Gasteiger partial charge in [-0.15, -0.1) is 0 Å². The van der Waals surface area contributed by atoms with Gasteiger partial charge in [-0.05, 0) is 49.2 Å². The van der Waals surface area contributed by atoms with E-state index in [9.17, 15) is 17.6 Å². The third kappa shape index (κ3) is 4.05. The molecule has 0 unspecified atom stereocenters. The first-order valence-electron chi connectivity index (χ1n) is 8.14. The van der Waals surface area contributed by atoms with E-state index in [-0.39, 0.29) is 10.5 Å². The topological polar surface area (TPSA) is 66.5 Å². The molecule has 1 aliphatic rings. The smallest absolute Gasteiger partial charge is 0.255 e. The molecule has 2 aromatic rings. The Hall–Kier alpha value is -2.25. The molecule has 3 rings (SSSR count). The summed E-state index contributed by atoms with van der Waals surface area (Å²) >= 11 is 0. The maximum Gasteiger partial charge on any atom is 0.255 e. The summed E-state index contributed by atoms with van der Waals surface area (Å²) in [5.74, 6) is -0.999. The maximum atomic E-state index is 13.2. The molecule has 0 atom stereocenters. The molecule has 1 amide bonds. The first-order valence-corrected chi connectivity index (χ1v) is 9.58. The molecule has 5 nitrogen and oxygen atoms in total. The van der Waals surface area contributed by atoms with Crippen LogP contribution in [0.15, 0.2) is 53.4 Å². The third-order valence-electron chi connectivity index (χ3n) is 4.13. The first kappa shape index (κ1) is 17.6. The van der Waals surface area contributed by atoms with E-state index in [4.69, 9.17) is 0 Å².